The van der Waals surface area contributed by atoms with Crippen LogP contribution < -0.4 is 5.32 Å². The van der Waals surface area contributed by atoms with Crippen molar-refractivity contribution in [3.05, 3.63) is 29.8 Å². The number of amides is 1. The van der Waals surface area contributed by atoms with Gasteiger partial charge in [0.15, 0.2) is 0 Å². The molecule has 0 bridgehead atoms. The molecule has 0 radical (unpaired) electrons. The Balaban J connectivity index is 2.06. The molecule has 3 heteroatoms. The van der Waals surface area contributed by atoms with E-state index in [0.717, 1.165) is 12.1 Å². The third-order valence-corrected chi connectivity index (χ3v) is 3.69. The quantitative estimate of drug-likeness (QED) is 0.882. The highest BCUT2D eigenvalue weighted by atomic mass is 16.2. The zero-order valence-corrected chi connectivity index (χ0v) is 10.9. The van der Waals surface area contributed by atoms with Crippen molar-refractivity contribution in [2.75, 3.05) is 5.32 Å². The summed E-state index contributed by atoms with van der Waals surface area (Å²) in [4.78, 5) is 12.0. The topological polar surface area (TPSA) is 52.9 Å². The molecule has 1 aromatic carbocycles. The van der Waals surface area contributed by atoms with Gasteiger partial charge in [-0.25, -0.2) is 0 Å². The first kappa shape index (κ1) is 12.6. The average molecular weight is 242 g/mol. The van der Waals surface area contributed by atoms with Crippen molar-refractivity contribution in [3.63, 3.8) is 0 Å². The van der Waals surface area contributed by atoms with Gasteiger partial charge in [-0.3, -0.25) is 4.79 Å². The lowest BCUT2D eigenvalue weighted by Crippen LogP contribution is -2.40. The van der Waals surface area contributed by atoms with Gasteiger partial charge >= 0.3 is 0 Å². The van der Waals surface area contributed by atoms with E-state index in [1.54, 1.807) is 0 Å². The van der Waals surface area contributed by atoms with Gasteiger partial charge in [-0.05, 0) is 42.9 Å². The first-order valence-corrected chi connectivity index (χ1v) is 6.40. The second kappa shape index (κ2) is 4.81. The van der Waals surface area contributed by atoms with E-state index < -0.39 is 5.41 Å². The van der Waals surface area contributed by atoms with Crippen LogP contribution in [-0.4, -0.2) is 5.91 Å². The summed E-state index contributed by atoms with van der Waals surface area (Å²) in [5, 5.41) is 11.9. The van der Waals surface area contributed by atoms with Crippen LogP contribution in [0.4, 0.5) is 5.69 Å². The van der Waals surface area contributed by atoms with Crippen LogP contribution in [0.3, 0.4) is 0 Å². The number of hydrogen-bond donors (Lipinski definition) is 1. The Bertz CT molecular complexity index is 478. The molecule has 94 valence electrons. The lowest BCUT2D eigenvalue weighted by Gasteiger charge is -2.33. The van der Waals surface area contributed by atoms with Gasteiger partial charge in [0.2, 0.25) is 5.91 Å². The summed E-state index contributed by atoms with van der Waals surface area (Å²) in [5.74, 6) is 0.320. The zero-order valence-electron chi connectivity index (χ0n) is 10.9. The lowest BCUT2D eigenvalue weighted by molar-refractivity contribution is -0.126. The first-order chi connectivity index (χ1) is 8.57. The molecule has 0 aliphatic heterocycles. The SMILES string of the molecule is CC(C)c1ccc(NC(=O)C2(C#N)CCC2)cc1. The molecule has 0 spiro atoms. The van der Waals surface area contributed by atoms with Gasteiger partial charge in [-0.15, -0.1) is 0 Å². The van der Waals surface area contributed by atoms with Gasteiger partial charge in [0.05, 0.1) is 6.07 Å². The van der Waals surface area contributed by atoms with Crippen LogP contribution in [0.1, 0.15) is 44.6 Å². The third kappa shape index (κ3) is 2.24. The molecule has 1 fully saturated rings. The number of rotatable bonds is 3. The predicted octanol–water partition coefficient (Wildman–Crippen LogP) is 3.44. The van der Waals surface area contributed by atoms with Crippen LogP contribution in [0.25, 0.3) is 0 Å². The Hall–Kier alpha value is -1.82. The number of nitrogens with zero attached hydrogens (tertiary/aromatic N) is 1. The average Bonchev–Trinajstić information content (AvgIpc) is 2.29. The van der Waals surface area contributed by atoms with Gasteiger partial charge in [-0.2, -0.15) is 5.26 Å². The lowest BCUT2D eigenvalue weighted by atomic mass is 9.69. The van der Waals surface area contributed by atoms with Crippen molar-refractivity contribution in [1.82, 2.24) is 0 Å². The van der Waals surface area contributed by atoms with Crippen molar-refractivity contribution in [2.24, 2.45) is 5.41 Å². The summed E-state index contributed by atoms with van der Waals surface area (Å²) < 4.78 is 0. The van der Waals surface area contributed by atoms with Crippen molar-refractivity contribution < 1.29 is 4.79 Å². The van der Waals surface area contributed by atoms with E-state index in [4.69, 9.17) is 5.26 Å². The van der Waals surface area contributed by atoms with Gasteiger partial charge in [0.25, 0.3) is 0 Å². The van der Waals surface area contributed by atoms with E-state index in [1.165, 1.54) is 5.56 Å². The summed E-state index contributed by atoms with van der Waals surface area (Å²) in [6, 6.07) is 9.98. The molecule has 0 heterocycles. The maximum absolute atomic E-state index is 12.0. The number of benzene rings is 1. The van der Waals surface area contributed by atoms with Crippen LogP contribution in [0.5, 0.6) is 0 Å². The maximum Gasteiger partial charge on any atom is 0.244 e. The minimum absolute atomic E-state index is 0.159. The zero-order chi connectivity index (χ0) is 13.2. The second-order valence-corrected chi connectivity index (χ2v) is 5.28. The number of hydrogen-bond acceptors (Lipinski definition) is 2. The van der Waals surface area contributed by atoms with Crippen LogP contribution >= 0.6 is 0 Å². The number of anilines is 1. The highest BCUT2D eigenvalue weighted by molar-refractivity contribution is 5.97. The van der Waals surface area contributed by atoms with Crippen molar-refractivity contribution >= 4 is 11.6 Å². The highest BCUT2D eigenvalue weighted by Crippen LogP contribution is 2.41. The Morgan fingerprint density at radius 2 is 1.94 bits per heavy atom. The molecule has 3 nitrogen and oxygen atoms in total. The van der Waals surface area contributed by atoms with Crippen molar-refractivity contribution in [3.8, 4) is 6.07 Å². The summed E-state index contributed by atoms with van der Waals surface area (Å²) in [7, 11) is 0. The van der Waals surface area contributed by atoms with Gasteiger partial charge in [0, 0.05) is 5.69 Å². The van der Waals surface area contributed by atoms with Crippen molar-refractivity contribution in [1.29, 1.82) is 5.26 Å². The van der Waals surface area contributed by atoms with E-state index in [9.17, 15) is 4.79 Å². The molecule has 0 aromatic heterocycles. The van der Waals surface area contributed by atoms with E-state index >= 15 is 0 Å². The van der Waals surface area contributed by atoms with Crippen molar-refractivity contribution in [2.45, 2.75) is 39.0 Å². The fourth-order valence-electron chi connectivity index (χ4n) is 2.12. The Morgan fingerprint density at radius 3 is 2.33 bits per heavy atom. The normalized spacial score (nSPS) is 16.8. The molecule has 18 heavy (non-hydrogen) atoms. The second-order valence-electron chi connectivity index (χ2n) is 5.28. The maximum atomic E-state index is 12.0. The smallest absolute Gasteiger partial charge is 0.244 e. The Morgan fingerprint density at radius 1 is 1.33 bits per heavy atom. The number of carbonyl (C=O) groups is 1. The van der Waals surface area contributed by atoms with E-state index in [0.29, 0.717) is 18.8 Å². The van der Waals surface area contributed by atoms with Crippen LogP contribution in [0, 0.1) is 16.7 Å². The summed E-state index contributed by atoms with van der Waals surface area (Å²) in [5.41, 5.74) is 1.23. The summed E-state index contributed by atoms with van der Waals surface area (Å²) in [6.07, 6.45) is 2.33. The third-order valence-electron chi connectivity index (χ3n) is 3.69. The van der Waals surface area contributed by atoms with Crippen LogP contribution in [-0.2, 0) is 4.79 Å². The molecule has 1 aromatic rings. The largest absolute Gasteiger partial charge is 0.325 e. The minimum Gasteiger partial charge on any atom is -0.325 e. The highest BCUT2D eigenvalue weighted by Gasteiger charge is 2.44. The van der Waals surface area contributed by atoms with Crippen LogP contribution in [0.2, 0.25) is 0 Å². The molecule has 1 saturated carbocycles. The summed E-state index contributed by atoms with van der Waals surface area (Å²) >= 11 is 0. The first-order valence-electron chi connectivity index (χ1n) is 6.40. The Kier molecular flexibility index (Phi) is 3.38. The monoisotopic (exact) mass is 242 g/mol. The fourth-order valence-corrected chi connectivity index (χ4v) is 2.12. The standard InChI is InChI=1S/C15H18N2O/c1-11(2)12-4-6-13(7-5-12)17-14(18)15(10-16)8-3-9-15/h4-7,11H,3,8-9H2,1-2H3,(H,17,18). The number of nitrogens with one attached hydrogen (secondary N) is 1. The molecule has 1 N–H and O–H groups in total. The van der Waals surface area contributed by atoms with E-state index in [-0.39, 0.29) is 5.91 Å². The fraction of sp³-hybridized carbons (Fsp3) is 0.467. The molecule has 1 aliphatic carbocycles. The Labute approximate surface area is 108 Å². The molecule has 1 aliphatic rings. The molecule has 0 saturated heterocycles. The van der Waals surface area contributed by atoms with E-state index in [2.05, 4.69) is 25.2 Å². The molecule has 1 amide bonds. The van der Waals surface area contributed by atoms with Gasteiger partial charge < -0.3 is 5.32 Å². The number of carbonyl (C=O) groups excluding carboxylic acids is 1. The number of nitriles is 1. The van der Waals surface area contributed by atoms with Gasteiger partial charge in [0.1, 0.15) is 5.41 Å². The minimum atomic E-state index is -0.781. The van der Waals surface area contributed by atoms with E-state index in [1.807, 2.05) is 24.3 Å². The summed E-state index contributed by atoms with van der Waals surface area (Å²) in [6.45, 7) is 4.26. The molecule has 0 atom stereocenters. The molecule has 2 rings (SSSR count). The molecular weight excluding hydrogens is 224 g/mol. The van der Waals surface area contributed by atoms with Gasteiger partial charge in [-0.1, -0.05) is 26.0 Å². The molecule has 0 unspecified atom stereocenters. The molecular formula is C15H18N2O. The predicted molar refractivity (Wildman–Crippen MR) is 71.1 cm³/mol. The van der Waals surface area contributed by atoms with Crippen LogP contribution in [0.15, 0.2) is 24.3 Å².